The lowest BCUT2D eigenvalue weighted by molar-refractivity contribution is -0.138. The van der Waals surface area contributed by atoms with Crippen molar-refractivity contribution in [2.75, 3.05) is 19.7 Å². The lowest BCUT2D eigenvalue weighted by Gasteiger charge is -2.28. The van der Waals surface area contributed by atoms with E-state index in [1.807, 2.05) is 0 Å². The minimum absolute atomic E-state index is 0.0520. The van der Waals surface area contributed by atoms with Crippen molar-refractivity contribution in [2.45, 2.75) is 25.8 Å². The molecule has 0 radical (unpaired) electrons. The van der Waals surface area contributed by atoms with Gasteiger partial charge in [0, 0.05) is 38.1 Å². The van der Waals surface area contributed by atoms with Gasteiger partial charge in [-0.3, -0.25) is 19.2 Å². The molecule has 150 valence electrons. The number of amides is 2. The normalized spacial score (nSPS) is 14.2. The minimum Gasteiger partial charge on any atom is -0.511 e. The molecule has 1 aromatic carbocycles. The van der Waals surface area contributed by atoms with Gasteiger partial charge in [-0.1, -0.05) is 24.3 Å². The summed E-state index contributed by atoms with van der Waals surface area (Å²) >= 11 is 0. The number of hydrogen-bond acceptors (Lipinski definition) is 6. The molecule has 0 bridgehead atoms. The van der Waals surface area contributed by atoms with Crippen LogP contribution in [0.25, 0.3) is 0 Å². The Balaban J connectivity index is 2.04. The fourth-order valence-electron chi connectivity index (χ4n) is 2.77. The van der Waals surface area contributed by atoms with Crippen molar-refractivity contribution in [3.63, 3.8) is 0 Å². The number of nitrogens with one attached hydrogen (secondary N) is 1. The van der Waals surface area contributed by atoms with Crippen LogP contribution in [0.3, 0.4) is 0 Å². The lowest BCUT2D eigenvalue weighted by Crippen LogP contribution is -2.43. The zero-order valence-electron chi connectivity index (χ0n) is 15.2. The van der Waals surface area contributed by atoms with E-state index in [4.69, 9.17) is 10.2 Å². The van der Waals surface area contributed by atoms with Crippen molar-refractivity contribution in [3.8, 4) is 0 Å². The SMILES string of the molecule is O=C(O)CNC(=O)C1=C(O)CCN(Cc2ccc(C(=O)CCCO)cc2)C1=O. The largest absolute Gasteiger partial charge is 0.511 e. The van der Waals surface area contributed by atoms with Crippen LogP contribution in [-0.4, -0.2) is 63.5 Å². The Hall–Kier alpha value is -3.20. The summed E-state index contributed by atoms with van der Waals surface area (Å²) in [4.78, 5) is 48.4. The third-order valence-corrected chi connectivity index (χ3v) is 4.25. The number of rotatable bonds is 9. The molecule has 0 aromatic heterocycles. The van der Waals surface area contributed by atoms with Crippen molar-refractivity contribution >= 4 is 23.6 Å². The van der Waals surface area contributed by atoms with Crippen LogP contribution in [0.2, 0.25) is 0 Å². The zero-order valence-corrected chi connectivity index (χ0v) is 15.2. The maximum Gasteiger partial charge on any atom is 0.322 e. The van der Waals surface area contributed by atoms with Gasteiger partial charge < -0.3 is 25.5 Å². The summed E-state index contributed by atoms with van der Waals surface area (Å²) in [5.74, 6) is -3.33. The number of aliphatic hydroxyl groups excluding tert-OH is 2. The van der Waals surface area contributed by atoms with Crippen molar-refractivity contribution in [2.24, 2.45) is 0 Å². The highest BCUT2D eigenvalue weighted by atomic mass is 16.4. The number of carboxylic acids is 1. The van der Waals surface area contributed by atoms with Crippen molar-refractivity contribution < 1.29 is 34.5 Å². The fourth-order valence-corrected chi connectivity index (χ4v) is 2.77. The lowest BCUT2D eigenvalue weighted by atomic mass is 10.0. The van der Waals surface area contributed by atoms with E-state index in [1.54, 1.807) is 24.3 Å². The summed E-state index contributed by atoms with van der Waals surface area (Å²) in [6, 6.07) is 6.66. The Labute approximate surface area is 161 Å². The summed E-state index contributed by atoms with van der Waals surface area (Å²) in [6.07, 6.45) is 0.726. The van der Waals surface area contributed by atoms with Crippen molar-refractivity contribution in [1.29, 1.82) is 0 Å². The Kier molecular flexibility index (Phi) is 7.28. The molecular weight excluding hydrogens is 368 g/mol. The highest BCUT2D eigenvalue weighted by Crippen LogP contribution is 2.20. The Bertz CT molecular complexity index is 799. The number of carboxylic acid groups (broad SMARTS) is 1. The van der Waals surface area contributed by atoms with E-state index in [9.17, 15) is 24.3 Å². The van der Waals surface area contributed by atoms with Gasteiger partial charge in [-0.05, 0) is 12.0 Å². The van der Waals surface area contributed by atoms with E-state index >= 15 is 0 Å². The smallest absolute Gasteiger partial charge is 0.322 e. The van der Waals surface area contributed by atoms with E-state index in [0.29, 0.717) is 12.0 Å². The first-order valence-corrected chi connectivity index (χ1v) is 8.78. The number of nitrogens with zero attached hydrogens (tertiary/aromatic N) is 1. The van der Waals surface area contributed by atoms with Gasteiger partial charge in [0.15, 0.2) is 5.78 Å². The van der Waals surface area contributed by atoms with Gasteiger partial charge in [-0.2, -0.15) is 0 Å². The van der Waals surface area contributed by atoms with Gasteiger partial charge in [0.25, 0.3) is 11.8 Å². The first kappa shape index (κ1) is 21.1. The second kappa shape index (κ2) is 9.65. The summed E-state index contributed by atoms with van der Waals surface area (Å²) in [5.41, 5.74) is 0.787. The summed E-state index contributed by atoms with van der Waals surface area (Å²) < 4.78 is 0. The van der Waals surface area contributed by atoms with Crippen LogP contribution in [0.15, 0.2) is 35.6 Å². The average molecular weight is 390 g/mol. The second-order valence-electron chi connectivity index (χ2n) is 6.32. The van der Waals surface area contributed by atoms with E-state index in [-0.39, 0.29) is 44.1 Å². The van der Waals surface area contributed by atoms with Crippen LogP contribution in [0, 0.1) is 0 Å². The molecule has 9 heteroatoms. The third-order valence-electron chi connectivity index (χ3n) is 4.25. The predicted octanol–water partition coefficient (Wildman–Crippen LogP) is 0.387. The van der Waals surface area contributed by atoms with Crippen molar-refractivity contribution in [1.82, 2.24) is 10.2 Å². The number of ketones is 1. The zero-order chi connectivity index (χ0) is 20.7. The highest BCUT2D eigenvalue weighted by Gasteiger charge is 2.32. The van der Waals surface area contributed by atoms with Gasteiger partial charge in [0.05, 0.1) is 0 Å². The summed E-state index contributed by atoms with van der Waals surface area (Å²) in [5, 5.41) is 29.4. The molecular formula is C19H22N2O7. The molecule has 1 aliphatic rings. The molecule has 0 atom stereocenters. The van der Waals surface area contributed by atoms with Crippen LogP contribution < -0.4 is 5.32 Å². The first-order valence-electron chi connectivity index (χ1n) is 8.78. The molecule has 2 rings (SSSR count). The molecule has 2 amide bonds. The molecule has 9 nitrogen and oxygen atoms in total. The quantitative estimate of drug-likeness (QED) is 0.352. The van der Waals surface area contributed by atoms with E-state index in [1.165, 1.54) is 4.90 Å². The molecule has 0 spiro atoms. The minimum atomic E-state index is -1.26. The van der Waals surface area contributed by atoms with E-state index in [2.05, 4.69) is 5.32 Å². The number of hydrogen-bond donors (Lipinski definition) is 4. The molecule has 1 heterocycles. The third kappa shape index (κ3) is 5.40. The average Bonchev–Trinajstić information content (AvgIpc) is 2.67. The van der Waals surface area contributed by atoms with Crippen LogP contribution in [0.1, 0.15) is 35.2 Å². The van der Waals surface area contributed by atoms with Gasteiger partial charge in [-0.25, -0.2) is 0 Å². The number of carbonyl (C=O) groups is 4. The van der Waals surface area contributed by atoms with Crippen LogP contribution in [0.5, 0.6) is 0 Å². The molecule has 1 aromatic rings. The van der Waals surface area contributed by atoms with Gasteiger partial charge in [0.1, 0.15) is 17.9 Å². The fraction of sp³-hybridized carbons (Fsp3) is 0.368. The number of carbonyl (C=O) groups excluding carboxylic acids is 3. The maximum atomic E-state index is 12.5. The second-order valence-corrected chi connectivity index (χ2v) is 6.32. The highest BCUT2D eigenvalue weighted by molar-refractivity contribution is 6.19. The predicted molar refractivity (Wildman–Crippen MR) is 97.4 cm³/mol. The van der Waals surface area contributed by atoms with Crippen LogP contribution in [0.4, 0.5) is 0 Å². The number of aliphatic hydroxyl groups is 2. The monoisotopic (exact) mass is 390 g/mol. The van der Waals surface area contributed by atoms with Gasteiger partial charge in [-0.15, -0.1) is 0 Å². The van der Waals surface area contributed by atoms with E-state index < -0.39 is 29.9 Å². The van der Waals surface area contributed by atoms with E-state index in [0.717, 1.165) is 5.56 Å². The number of aliphatic carboxylic acids is 1. The Morgan fingerprint density at radius 1 is 1.14 bits per heavy atom. The molecule has 0 saturated heterocycles. The molecule has 0 unspecified atom stereocenters. The molecule has 0 aliphatic carbocycles. The maximum absolute atomic E-state index is 12.5. The Morgan fingerprint density at radius 3 is 2.43 bits per heavy atom. The first-order chi connectivity index (χ1) is 13.3. The van der Waals surface area contributed by atoms with Crippen molar-refractivity contribution in [3.05, 3.63) is 46.7 Å². The molecule has 0 saturated carbocycles. The topological polar surface area (TPSA) is 144 Å². The summed E-state index contributed by atoms with van der Waals surface area (Å²) in [7, 11) is 0. The molecule has 4 N–H and O–H groups in total. The standard InChI is InChI=1S/C19H22N2O7/c22-9-1-2-14(23)13-5-3-12(4-6-13)11-21-8-7-15(24)17(19(21)28)18(27)20-10-16(25)26/h3-6,22,24H,1-2,7-11H2,(H,20,27)(H,25,26). The number of Topliss-reactive ketones (excluding diaryl/α,β-unsaturated/α-hetero) is 1. The van der Waals surface area contributed by atoms with Crippen LogP contribution in [-0.2, 0) is 20.9 Å². The number of benzene rings is 1. The van der Waals surface area contributed by atoms with Crippen LogP contribution >= 0.6 is 0 Å². The molecule has 28 heavy (non-hydrogen) atoms. The summed E-state index contributed by atoms with van der Waals surface area (Å²) in [6.45, 7) is -0.331. The molecule has 1 aliphatic heterocycles. The van der Waals surface area contributed by atoms with Gasteiger partial charge in [0.2, 0.25) is 0 Å². The Morgan fingerprint density at radius 2 is 1.82 bits per heavy atom. The molecule has 0 fully saturated rings. The van der Waals surface area contributed by atoms with Gasteiger partial charge >= 0.3 is 5.97 Å².